The van der Waals surface area contributed by atoms with E-state index in [9.17, 15) is 5.26 Å². The number of ether oxygens (including phenoxy) is 1. The summed E-state index contributed by atoms with van der Waals surface area (Å²) in [5.41, 5.74) is 2.65. The predicted octanol–water partition coefficient (Wildman–Crippen LogP) is 2.57. The van der Waals surface area contributed by atoms with Crippen molar-refractivity contribution in [2.45, 2.75) is 46.3 Å². The number of aryl methyl sites for hydroxylation is 2. The molecule has 0 radical (unpaired) electrons. The zero-order valence-corrected chi connectivity index (χ0v) is 12.1. The van der Waals surface area contributed by atoms with E-state index in [-0.39, 0.29) is 6.10 Å². The first-order valence-electron chi connectivity index (χ1n) is 6.83. The summed E-state index contributed by atoms with van der Waals surface area (Å²) in [6, 6.07) is 4.57. The van der Waals surface area contributed by atoms with Crippen molar-refractivity contribution in [3.63, 3.8) is 0 Å². The molecule has 1 aliphatic rings. The van der Waals surface area contributed by atoms with Crippen LogP contribution in [0.25, 0.3) is 0 Å². The molecule has 102 valence electrons. The van der Waals surface area contributed by atoms with E-state index in [1.54, 1.807) is 0 Å². The lowest BCUT2D eigenvalue weighted by Gasteiger charge is -2.39. The van der Waals surface area contributed by atoms with Gasteiger partial charge < -0.3 is 9.64 Å². The number of hydrogen-bond acceptors (Lipinski definition) is 4. The summed E-state index contributed by atoms with van der Waals surface area (Å²) in [7, 11) is 0. The van der Waals surface area contributed by atoms with E-state index in [0.29, 0.717) is 18.2 Å². The van der Waals surface area contributed by atoms with Crippen LogP contribution in [0.2, 0.25) is 0 Å². The Morgan fingerprint density at radius 2 is 2.26 bits per heavy atom. The first kappa shape index (κ1) is 13.8. The molecule has 0 amide bonds. The Balaban J connectivity index is 2.46. The smallest absolute Gasteiger partial charge is 0.147 e. The van der Waals surface area contributed by atoms with E-state index in [2.05, 4.69) is 29.8 Å². The van der Waals surface area contributed by atoms with Crippen LogP contribution >= 0.6 is 0 Å². The first-order chi connectivity index (χ1) is 9.06. The second-order valence-electron chi connectivity index (χ2n) is 5.25. The SMILES string of the molecule is CCC1COC(C)CN1c1nc(C)cc(C)c1C#N. The average molecular weight is 259 g/mol. The van der Waals surface area contributed by atoms with Crippen LogP contribution in [-0.2, 0) is 4.74 Å². The standard InChI is InChI=1S/C15H21N3O/c1-5-13-9-19-12(4)8-18(13)15-14(7-16)10(2)6-11(3)17-15/h6,12-13H,5,8-9H2,1-4H3. The van der Waals surface area contributed by atoms with E-state index >= 15 is 0 Å². The highest BCUT2D eigenvalue weighted by molar-refractivity contribution is 5.59. The fraction of sp³-hybridized carbons (Fsp3) is 0.600. The fourth-order valence-corrected chi connectivity index (χ4v) is 2.60. The molecule has 0 bridgehead atoms. The summed E-state index contributed by atoms with van der Waals surface area (Å²) in [5.74, 6) is 0.821. The second kappa shape index (κ2) is 5.58. The predicted molar refractivity (Wildman–Crippen MR) is 75.3 cm³/mol. The Kier molecular flexibility index (Phi) is 4.06. The highest BCUT2D eigenvalue weighted by atomic mass is 16.5. The molecule has 1 fully saturated rings. The lowest BCUT2D eigenvalue weighted by Crippen LogP contribution is -2.49. The Bertz CT molecular complexity index is 507. The number of anilines is 1. The highest BCUT2D eigenvalue weighted by Gasteiger charge is 2.28. The molecule has 4 heteroatoms. The van der Waals surface area contributed by atoms with Crippen molar-refractivity contribution < 1.29 is 4.74 Å². The molecular formula is C15H21N3O. The molecule has 2 heterocycles. The third-order valence-electron chi connectivity index (χ3n) is 3.65. The summed E-state index contributed by atoms with van der Waals surface area (Å²) < 4.78 is 5.71. The third kappa shape index (κ3) is 2.71. The molecule has 2 rings (SSSR count). The summed E-state index contributed by atoms with van der Waals surface area (Å²) in [6.45, 7) is 9.66. The van der Waals surface area contributed by atoms with Crippen molar-refractivity contribution in [1.29, 1.82) is 5.26 Å². The highest BCUT2D eigenvalue weighted by Crippen LogP contribution is 2.27. The van der Waals surface area contributed by atoms with E-state index in [1.807, 2.05) is 19.9 Å². The maximum atomic E-state index is 9.40. The Labute approximate surface area is 115 Å². The van der Waals surface area contributed by atoms with E-state index in [4.69, 9.17) is 4.74 Å². The van der Waals surface area contributed by atoms with Crippen LogP contribution in [-0.4, -0.2) is 30.3 Å². The number of pyridine rings is 1. The molecule has 0 aliphatic carbocycles. The van der Waals surface area contributed by atoms with Crippen LogP contribution in [0.4, 0.5) is 5.82 Å². The average Bonchev–Trinajstić information content (AvgIpc) is 2.37. The van der Waals surface area contributed by atoms with Gasteiger partial charge in [0.15, 0.2) is 0 Å². The van der Waals surface area contributed by atoms with Crippen LogP contribution in [0.3, 0.4) is 0 Å². The van der Waals surface area contributed by atoms with Gasteiger partial charge in [0.2, 0.25) is 0 Å². The maximum absolute atomic E-state index is 9.40. The summed E-state index contributed by atoms with van der Waals surface area (Å²) in [5, 5.41) is 9.40. The van der Waals surface area contributed by atoms with Gasteiger partial charge in [0.1, 0.15) is 11.9 Å². The van der Waals surface area contributed by atoms with Crippen molar-refractivity contribution >= 4 is 5.82 Å². The van der Waals surface area contributed by atoms with Gasteiger partial charge in [-0.3, -0.25) is 0 Å². The number of nitrogens with zero attached hydrogens (tertiary/aromatic N) is 3. The van der Waals surface area contributed by atoms with Crippen molar-refractivity contribution in [3.05, 3.63) is 22.9 Å². The van der Waals surface area contributed by atoms with Gasteiger partial charge in [-0.2, -0.15) is 5.26 Å². The molecule has 2 unspecified atom stereocenters. The molecular weight excluding hydrogens is 238 g/mol. The molecule has 2 atom stereocenters. The van der Waals surface area contributed by atoms with E-state index in [1.165, 1.54) is 0 Å². The summed E-state index contributed by atoms with van der Waals surface area (Å²) in [6.07, 6.45) is 1.17. The second-order valence-corrected chi connectivity index (χ2v) is 5.25. The molecule has 1 aliphatic heterocycles. The van der Waals surface area contributed by atoms with Gasteiger partial charge in [-0.15, -0.1) is 0 Å². The molecule has 0 saturated carbocycles. The molecule has 0 N–H and O–H groups in total. The number of morpholine rings is 1. The zero-order valence-electron chi connectivity index (χ0n) is 12.1. The normalized spacial score (nSPS) is 23.2. The largest absolute Gasteiger partial charge is 0.375 e. The third-order valence-corrected chi connectivity index (χ3v) is 3.65. The van der Waals surface area contributed by atoms with Crippen LogP contribution in [0.15, 0.2) is 6.07 Å². The van der Waals surface area contributed by atoms with Gasteiger partial charge in [0.25, 0.3) is 0 Å². The van der Waals surface area contributed by atoms with Crippen molar-refractivity contribution in [1.82, 2.24) is 4.98 Å². The molecule has 19 heavy (non-hydrogen) atoms. The van der Waals surface area contributed by atoms with Crippen molar-refractivity contribution in [3.8, 4) is 6.07 Å². The minimum absolute atomic E-state index is 0.178. The van der Waals surface area contributed by atoms with E-state index < -0.39 is 0 Å². The van der Waals surface area contributed by atoms with Gasteiger partial charge in [-0.25, -0.2) is 4.98 Å². The van der Waals surface area contributed by atoms with Crippen LogP contribution in [0, 0.1) is 25.2 Å². The zero-order chi connectivity index (χ0) is 14.0. The van der Waals surface area contributed by atoms with E-state index in [0.717, 1.165) is 30.0 Å². The Morgan fingerprint density at radius 1 is 1.53 bits per heavy atom. The van der Waals surface area contributed by atoms with Gasteiger partial charge in [0, 0.05) is 12.2 Å². The summed E-state index contributed by atoms with van der Waals surface area (Å²) >= 11 is 0. The first-order valence-corrected chi connectivity index (χ1v) is 6.83. The molecule has 1 aromatic heterocycles. The molecule has 4 nitrogen and oxygen atoms in total. The molecule has 1 saturated heterocycles. The van der Waals surface area contributed by atoms with Crippen molar-refractivity contribution in [2.24, 2.45) is 0 Å². The van der Waals surface area contributed by atoms with Crippen molar-refractivity contribution in [2.75, 3.05) is 18.1 Å². The monoisotopic (exact) mass is 259 g/mol. The maximum Gasteiger partial charge on any atom is 0.147 e. The lowest BCUT2D eigenvalue weighted by atomic mass is 10.1. The lowest BCUT2D eigenvalue weighted by molar-refractivity contribution is 0.0296. The van der Waals surface area contributed by atoms with Gasteiger partial charge in [-0.05, 0) is 38.8 Å². The van der Waals surface area contributed by atoms with Gasteiger partial charge in [-0.1, -0.05) is 6.92 Å². The van der Waals surface area contributed by atoms with Crippen LogP contribution in [0.1, 0.15) is 37.1 Å². The number of rotatable bonds is 2. The fourth-order valence-electron chi connectivity index (χ4n) is 2.60. The van der Waals surface area contributed by atoms with Gasteiger partial charge >= 0.3 is 0 Å². The minimum Gasteiger partial charge on any atom is -0.375 e. The molecule has 1 aromatic rings. The molecule has 0 aromatic carbocycles. The molecule has 0 spiro atoms. The van der Waals surface area contributed by atoms with Crippen LogP contribution in [0.5, 0.6) is 0 Å². The van der Waals surface area contributed by atoms with Crippen LogP contribution < -0.4 is 4.90 Å². The topological polar surface area (TPSA) is 49.1 Å². The Hall–Kier alpha value is -1.60. The van der Waals surface area contributed by atoms with Gasteiger partial charge in [0.05, 0.1) is 24.3 Å². The number of aromatic nitrogens is 1. The quantitative estimate of drug-likeness (QED) is 0.819. The minimum atomic E-state index is 0.178. The summed E-state index contributed by atoms with van der Waals surface area (Å²) in [4.78, 5) is 6.85. The number of nitriles is 1. The number of hydrogen-bond donors (Lipinski definition) is 0. The Morgan fingerprint density at radius 3 is 2.89 bits per heavy atom.